The lowest BCUT2D eigenvalue weighted by molar-refractivity contribution is 0.172. The van der Waals surface area contributed by atoms with Crippen LogP contribution < -0.4 is 4.74 Å². The molecule has 0 N–H and O–H groups in total. The van der Waals surface area contributed by atoms with Gasteiger partial charge in [-0.3, -0.25) is 4.98 Å². The summed E-state index contributed by atoms with van der Waals surface area (Å²) in [6, 6.07) is 7.37. The third-order valence-corrected chi connectivity index (χ3v) is 2.18. The molecule has 4 nitrogen and oxygen atoms in total. The Morgan fingerprint density at radius 3 is 2.81 bits per heavy atom. The van der Waals surface area contributed by atoms with E-state index in [0.29, 0.717) is 5.75 Å². The quantitative estimate of drug-likeness (QED) is 0.734. The van der Waals surface area contributed by atoms with E-state index < -0.39 is 0 Å². The topological polar surface area (TPSA) is 42.4 Å². The molecule has 1 heterocycles. The summed E-state index contributed by atoms with van der Waals surface area (Å²) in [6.07, 6.45) is 3.08. The molecule has 0 aliphatic carbocycles. The first kappa shape index (κ1) is 10.4. The van der Waals surface area contributed by atoms with Crippen molar-refractivity contribution in [3.8, 4) is 5.75 Å². The highest BCUT2D eigenvalue weighted by atomic mass is 16.6. The van der Waals surface area contributed by atoms with E-state index in [4.69, 9.17) is 4.74 Å². The fraction of sp³-hybridized carbons (Fsp3) is 0.167. The van der Waals surface area contributed by atoms with Crippen molar-refractivity contribution in [2.24, 2.45) is 0 Å². The fourth-order valence-corrected chi connectivity index (χ4v) is 1.32. The zero-order chi connectivity index (χ0) is 11.5. The minimum absolute atomic E-state index is 0.386. The van der Waals surface area contributed by atoms with Gasteiger partial charge in [-0.2, -0.15) is 0 Å². The summed E-state index contributed by atoms with van der Waals surface area (Å²) < 4.78 is 5.14. The molecule has 0 radical (unpaired) electrons. The second-order valence-corrected chi connectivity index (χ2v) is 3.65. The SMILES string of the molecule is CN(C)C(=O)Oc1ccc2ccncc2c1. The minimum atomic E-state index is -0.386. The maximum atomic E-state index is 11.3. The van der Waals surface area contributed by atoms with E-state index >= 15 is 0 Å². The number of pyridine rings is 1. The van der Waals surface area contributed by atoms with Crippen LogP contribution in [0, 0.1) is 0 Å². The molecule has 2 rings (SSSR count). The highest BCUT2D eigenvalue weighted by molar-refractivity contribution is 5.83. The number of fused-ring (bicyclic) bond motifs is 1. The van der Waals surface area contributed by atoms with Crippen LogP contribution in [0.5, 0.6) is 5.75 Å². The van der Waals surface area contributed by atoms with Crippen molar-refractivity contribution in [1.29, 1.82) is 0 Å². The third kappa shape index (κ3) is 2.11. The average Bonchev–Trinajstić information content (AvgIpc) is 2.28. The van der Waals surface area contributed by atoms with E-state index in [1.165, 1.54) is 4.90 Å². The molecule has 0 saturated carbocycles. The van der Waals surface area contributed by atoms with Gasteiger partial charge in [0, 0.05) is 31.9 Å². The van der Waals surface area contributed by atoms with Crippen LogP contribution in [0.1, 0.15) is 0 Å². The molecular weight excluding hydrogens is 204 g/mol. The van der Waals surface area contributed by atoms with Crippen LogP contribution in [0.4, 0.5) is 4.79 Å². The Morgan fingerprint density at radius 2 is 2.06 bits per heavy atom. The van der Waals surface area contributed by atoms with Crippen molar-refractivity contribution in [2.75, 3.05) is 14.1 Å². The van der Waals surface area contributed by atoms with E-state index in [1.807, 2.05) is 12.1 Å². The van der Waals surface area contributed by atoms with E-state index in [2.05, 4.69) is 4.98 Å². The van der Waals surface area contributed by atoms with Crippen molar-refractivity contribution >= 4 is 16.9 Å². The molecule has 0 spiro atoms. The smallest absolute Gasteiger partial charge is 0.410 e. The zero-order valence-corrected chi connectivity index (χ0v) is 9.18. The first-order valence-electron chi connectivity index (χ1n) is 4.90. The van der Waals surface area contributed by atoms with Gasteiger partial charge in [0.2, 0.25) is 0 Å². The second kappa shape index (κ2) is 4.18. The molecule has 4 heteroatoms. The summed E-state index contributed by atoms with van der Waals surface area (Å²) in [4.78, 5) is 16.7. The van der Waals surface area contributed by atoms with Crippen LogP contribution in [0.15, 0.2) is 36.7 Å². The molecule has 0 atom stereocenters. The Morgan fingerprint density at radius 1 is 1.25 bits per heavy atom. The van der Waals surface area contributed by atoms with E-state index in [9.17, 15) is 4.79 Å². The lowest BCUT2D eigenvalue weighted by Crippen LogP contribution is -2.25. The summed E-state index contributed by atoms with van der Waals surface area (Å²) in [5.74, 6) is 0.527. The Balaban J connectivity index is 2.29. The first-order chi connectivity index (χ1) is 7.66. The number of benzene rings is 1. The van der Waals surface area contributed by atoms with Gasteiger partial charge in [-0.05, 0) is 23.6 Å². The molecule has 82 valence electrons. The lowest BCUT2D eigenvalue weighted by atomic mass is 10.2. The molecule has 0 unspecified atom stereocenters. The van der Waals surface area contributed by atoms with E-state index in [0.717, 1.165) is 10.8 Å². The van der Waals surface area contributed by atoms with E-state index in [-0.39, 0.29) is 6.09 Å². The van der Waals surface area contributed by atoms with Crippen molar-refractivity contribution in [3.63, 3.8) is 0 Å². The van der Waals surface area contributed by atoms with Gasteiger partial charge in [0.05, 0.1) is 0 Å². The van der Waals surface area contributed by atoms with Crippen LogP contribution in [0.25, 0.3) is 10.8 Å². The molecule has 0 fully saturated rings. The molecule has 0 bridgehead atoms. The largest absolute Gasteiger partial charge is 0.414 e. The Bertz CT molecular complexity index is 523. The number of carbonyl (C=O) groups is 1. The molecule has 16 heavy (non-hydrogen) atoms. The summed E-state index contributed by atoms with van der Waals surface area (Å²) in [7, 11) is 3.29. The summed E-state index contributed by atoms with van der Waals surface area (Å²) >= 11 is 0. The van der Waals surface area contributed by atoms with Gasteiger partial charge in [0.25, 0.3) is 0 Å². The van der Waals surface area contributed by atoms with Gasteiger partial charge >= 0.3 is 6.09 Å². The number of hydrogen-bond donors (Lipinski definition) is 0. The van der Waals surface area contributed by atoms with Crippen molar-refractivity contribution < 1.29 is 9.53 Å². The Kier molecular flexibility index (Phi) is 2.72. The van der Waals surface area contributed by atoms with Crippen LogP contribution in [-0.2, 0) is 0 Å². The third-order valence-electron chi connectivity index (χ3n) is 2.18. The number of ether oxygens (including phenoxy) is 1. The number of nitrogens with zero attached hydrogens (tertiary/aromatic N) is 2. The molecule has 1 amide bonds. The second-order valence-electron chi connectivity index (χ2n) is 3.65. The number of aromatic nitrogens is 1. The van der Waals surface area contributed by atoms with Crippen molar-refractivity contribution in [2.45, 2.75) is 0 Å². The lowest BCUT2D eigenvalue weighted by Gasteiger charge is -2.10. The highest BCUT2D eigenvalue weighted by Crippen LogP contribution is 2.19. The Hall–Kier alpha value is -2.10. The molecule has 0 aliphatic rings. The predicted octanol–water partition coefficient (Wildman–Crippen LogP) is 2.30. The van der Waals surface area contributed by atoms with Gasteiger partial charge in [0.1, 0.15) is 5.75 Å². The standard InChI is InChI=1S/C12H12N2O2/c1-14(2)12(15)16-11-4-3-9-5-6-13-8-10(9)7-11/h3-8H,1-2H3. The predicted molar refractivity (Wildman–Crippen MR) is 61.5 cm³/mol. The molecule has 1 aromatic heterocycles. The summed E-state index contributed by atoms with van der Waals surface area (Å²) in [5.41, 5.74) is 0. The zero-order valence-electron chi connectivity index (χ0n) is 9.18. The molecule has 0 saturated heterocycles. The summed E-state index contributed by atoms with van der Waals surface area (Å²) in [5, 5.41) is 2.02. The number of hydrogen-bond acceptors (Lipinski definition) is 3. The first-order valence-corrected chi connectivity index (χ1v) is 4.90. The maximum absolute atomic E-state index is 11.3. The molecule has 1 aromatic carbocycles. The van der Waals surface area contributed by atoms with Crippen LogP contribution in [0.3, 0.4) is 0 Å². The summed E-state index contributed by atoms with van der Waals surface area (Å²) in [6.45, 7) is 0. The number of rotatable bonds is 1. The highest BCUT2D eigenvalue weighted by Gasteiger charge is 2.06. The molecular formula is C12H12N2O2. The Labute approximate surface area is 93.5 Å². The van der Waals surface area contributed by atoms with Crippen molar-refractivity contribution in [1.82, 2.24) is 9.88 Å². The van der Waals surface area contributed by atoms with Gasteiger partial charge in [-0.25, -0.2) is 4.79 Å². The number of amides is 1. The van der Waals surface area contributed by atoms with Crippen LogP contribution in [0.2, 0.25) is 0 Å². The monoisotopic (exact) mass is 216 g/mol. The van der Waals surface area contributed by atoms with Gasteiger partial charge in [-0.1, -0.05) is 6.07 Å². The molecule has 2 aromatic rings. The fourth-order valence-electron chi connectivity index (χ4n) is 1.32. The van der Waals surface area contributed by atoms with Crippen LogP contribution >= 0.6 is 0 Å². The van der Waals surface area contributed by atoms with Gasteiger partial charge < -0.3 is 9.64 Å². The van der Waals surface area contributed by atoms with E-state index in [1.54, 1.807) is 38.6 Å². The normalized spacial score (nSPS) is 10.1. The molecule has 0 aliphatic heterocycles. The minimum Gasteiger partial charge on any atom is -0.410 e. The van der Waals surface area contributed by atoms with Gasteiger partial charge in [-0.15, -0.1) is 0 Å². The number of carbonyl (C=O) groups excluding carboxylic acids is 1. The van der Waals surface area contributed by atoms with Gasteiger partial charge in [0.15, 0.2) is 0 Å². The van der Waals surface area contributed by atoms with Crippen LogP contribution in [-0.4, -0.2) is 30.1 Å². The maximum Gasteiger partial charge on any atom is 0.414 e. The van der Waals surface area contributed by atoms with Crippen molar-refractivity contribution in [3.05, 3.63) is 36.7 Å². The average molecular weight is 216 g/mol.